The summed E-state index contributed by atoms with van der Waals surface area (Å²) in [4.78, 5) is 12.6. The second-order valence-electron chi connectivity index (χ2n) is 4.13. The first kappa shape index (κ1) is 11.8. The van der Waals surface area contributed by atoms with Gasteiger partial charge in [0.2, 0.25) is 0 Å². The van der Waals surface area contributed by atoms with Gasteiger partial charge in [0.25, 0.3) is 0 Å². The predicted octanol–water partition coefficient (Wildman–Crippen LogP) is 3.29. The summed E-state index contributed by atoms with van der Waals surface area (Å²) in [5.41, 5.74) is 3.54. The van der Waals surface area contributed by atoms with Gasteiger partial charge < -0.3 is 4.98 Å². The minimum atomic E-state index is 0.420. The zero-order valence-corrected chi connectivity index (χ0v) is 11.0. The van der Waals surface area contributed by atoms with E-state index in [1.165, 1.54) is 17.3 Å². The summed E-state index contributed by atoms with van der Waals surface area (Å²) >= 11 is 1.42. The Balaban J connectivity index is 1.99. The molecule has 0 fully saturated rings. The smallest absolute Gasteiger partial charge is 0.171 e. The largest absolute Gasteiger partial charge is 0.333 e. The van der Waals surface area contributed by atoms with Crippen LogP contribution in [0.2, 0.25) is 0 Å². The number of pyridine rings is 1. The Labute approximate surface area is 114 Å². The number of aromatic nitrogens is 3. The predicted molar refractivity (Wildman–Crippen MR) is 73.9 cm³/mol. The summed E-state index contributed by atoms with van der Waals surface area (Å²) in [6, 6.07) is 11.8. The van der Waals surface area contributed by atoms with Crippen molar-refractivity contribution in [2.75, 3.05) is 0 Å². The molecule has 0 unspecified atom stereocenters. The molecule has 92 valence electrons. The molecule has 3 aromatic rings. The highest BCUT2D eigenvalue weighted by atomic mass is 32.2. The molecule has 2 aromatic heterocycles. The molecule has 0 bridgehead atoms. The molecule has 0 aliphatic carbocycles. The number of nitrogens with one attached hydrogen (secondary N) is 1. The van der Waals surface area contributed by atoms with E-state index in [1.807, 2.05) is 31.2 Å². The summed E-state index contributed by atoms with van der Waals surface area (Å²) in [6.07, 6.45) is 1.62. The van der Waals surface area contributed by atoms with Gasteiger partial charge in [0.15, 0.2) is 10.9 Å². The highest BCUT2D eigenvalue weighted by Gasteiger charge is 2.08. The Morgan fingerprint density at radius 3 is 3.05 bits per heavy atom. The maximum atomic E-state index is 9.02. The van der Waals surface area contributed by atoms with Gasteiger partial charge in [0.1, 0.15) is 6.07 Å². The lowest BCUT2D eigenvalue weighted by molar-refractivity contribution is 1.07. The molecule has 0 radical (unpaired) electrons. The van der Waals surface area contributed by atoms with Crippen molar-refractivity contribution in [3.63, 3.8) is 0 Å². The number of imidazole rings is 1. The molecule has 19 heavy (non-hydrogen) atoms. The van der Waals surface area contributed by atoms with E-state index >= 15 is 0 Å². The van der Waals surface area contributed by atoms with E-state index in [9.17, 15) is 0 Å². The van der Waals surface area contributed by atoms with Crippen molar-refractivity contribution < 1.29 is 0 Å². The number of nitrogens with zero attached hydrogens (tertiary/aromatic N) is 3. The van der Waals surface area contributed by atoms with Crippen LogP contribution >= 0.6 is 11.8 Å². The third-order valence-electron chi connectivity index (χ3n) is 2.70. The van der Waals surface area contributed by atoms with Gasteiger partial charge in [-0.05, 0) is 48.5 Å². The highest BCUT2D eigenvalue weighted by molar-refractivity contribution is 7.99. The van der Waals surface area contributed by atoms with Crippen molar-refractivity contribution in [2.24, 2.45) is 0 Å². The zero-order chi connectivity index (χ0) is 13.2. The normalized spacial score (nSPS) is 10.5. The van der Waals surface area contributed by atoms with Crippen molar-refractivity contribution >= 4 is 22.8 Å². The lowest BCUT2D eigenvalue weighted by atomic mass is 10.2. The average molecular weight is 266 g/mol. The summed E-state index contributed by atoms with van der Waals surface area (Å²) in [5, 5.41) is 9.78. The second kappa shape index (κ2) is 4.75. The maximum absolute atomic E-state index is 9.02. The van der Waals surface area contributed by atoms with E-state index in [-0.39, 0.29) is 0 Å². The lowest BCUT2D eigenvalue weighted by Gasteiger charge is -1.98. The number of hydrogen-bond acceptors (Lipinski definition) is 4. The van der Waals surface area contributed by atoms with Gasteiger partial charge in [-0.2, -0.15) is 5.26 Å². The molecule has 0 saturated heterocycles. The van der Waals surface area contributed by atoms with E-state index in [2.05, 4.69) is 27.1 Å². The average Bonchev–Trinajstić information content (AvgIpc) is 2.80. The van der Waals surface area contributed by atoms with Crippen LogP contribution in [0.15, 0.2) is 46.6 Å². The topological polar surface area (TPSA) is 65.4 Å². The molecule has 3 rings (SSSR count). The van der Waals surface area contributed by atoms with E-state index in [0.29, 0.717) is 5.69 Å². The van der Waals surface area contributed by atoms with Crippen LogP contribution in [-0.2, 0) is 0 Å². The number of hydrogen-bond donors (Lipinski definition) is 1. The fraction of sp³-hybridized carbons (Fsp3) is 0.0714. The first-order valence-electron chi connectivity index (χ1n) is 5.75. The first-order chi connectivity index (χ1) is 9.26. The lowest BCUT2D eigenvalue weighted by Crippen LogP contribution is -1.85. The molecule has 1 aromatic carbocycles. The zero-order valence-electron chi connectivity index (χ0n) is 10.2. The third-order valence-corrected chi connectivity index (χ3v) is 3.63. The van der Waals surface area contributed by atoms with Gasteiger partial charge in [-0.1, -0.05) is 6.07 Å². The Hall–Kier alpha value is -2.32. The molecule has 0 amide bonds. The van der Waals surface area contributed by atoms with Crippen LogP contribution in [0, 0.1) is 18.3 Å². The SMILES string of the molecule is Cc1ccc2nc(Sc3cccnc3C#N)[nH]c2c1. The van der Waals surface area contributed by atoms with Crippen LogP contribution in [0.3, 0.4) is 0 Å². The van der Waals surface area contributed by atoms with Crippen LogP contribution in [0.25, 0.3) is 11.0 Å². The molecular formula is C14H10N4S. The van der Waals surface area contributed by atoms with Crippen molar-refractivity contribution in [3.8, 4) is 6.07 Å². The number of nitriles is 1. The van der Waals surface area contributed by atoms with Crippen molar-refractivity contribution in [1.29, 1.82) is 5.26 Å². The molecule has 0 saturated carbocycles. The number of aryl methyl sites for hydroxylation is 1. The van der Waals surface area contributed by atoms with Crippen LogP contribution < -0.4 is 0 Å². The molecule has 4 nitrogen and oxygen atoms in total. The molecular weight excluding hydrogens is 256 g/mol. The monoisotopic (exact) mass is 266 g/mol. The molecule has 0 spiro atoms. The minimum Gasteiger partial charge on any atom is -0.333 e. The molecule has 0 aliphatic heterocycles. The number of H-pyrrole nitrogens is 1. The molecule has 5 heteroatoms. The Morgan fingerprint density at radius 2 is 2.21 bits per heavy atom. The fourth-order valence-corrected chi connectivity index (χ4v) is 2.66. The first-order valence-corrected chi connectivity index (χ1v) is 6.57. The van der Waals surface area contributed by atoms with Gasteiger partial charge in [-0.3, -0.25) is 0 Å². The summed E-state index contributed by atoms with van der Waals surface area (Å²) in [6.45, 7) is 2.04. The van der Waals surface area contributed by atoms with Crippen LogP contribution in [0.4, 0.5) is 0 Å². The summed E-state index contributed by atoms with van der Waals surface area (Å²) in [7, 11) is 0. The standard InChI is InChI=1S/C14H10N4S/c1-9-4-5-10-11(7-9)18-14(17-10)19-13-3-2-6-16-12(13)8-15/h2-7H,1H3,(H,17,18). The van der Waals surface area contributed by atoms with E-state index < -0.39 is 0 Å². The van der Waals surface area contributed by atoms with Gasteiger partial charge in [0.05, 0.1) is 15.9 Å². The van der Waals surface area contributed by atoms with Crippen LogP contribution in [0.1, 0.15) is 11.3 Å². The number of aromatic amines is 1. The molecule has 2 heterocycles. The number of rotatable bonds is 2. The molecule has 0 atom stereocenters. The maximum Gasteiger partial charge on any atom is 0.171 e. The summed E-state index contributed by atoms with van der Waals surface area (Å²) in [5.74, 6) is 0. The van der Waals surface area contributed by atoms with Crippen LogP contribution in [-0.4, -0.2) is 15.0 Å². The Kier molecular flexibility index (Phi) is 2.94. The third kappa shape index (κ3) is 2.30. The molecule has 0 aliphatic rings. The highest BCUT2D eigenvalue weighted by Crippen LogP contribution is 2.28. The van der Waals surface area contributed by atoms with E-state index in [4.69, 9.17) is 5.26 Å². The van der Waals surface area contributed by atoms with E-state index in [1.54, 1.807) is 6.20 Å². The van der Waals surface area contributed by atoms with Crippen LogP contribution in [0.5, 0.6) is 0 Å². The minimum absolute atomic E-state index is 0.420. The number of fused-ring (bicyclic) bond motifs is 1. The van der Waals surface area contributed by atoms with Crippen molar-refractivity contribution in [2.45, 2.75) is 17.0 Å². The van der Waals surface area contributed by atoms with Gasteiger partial charge >= 0.3 is 0 Å². The molecule has 1 N–H and O–H groups in total. The summed E-state index contributed by atoms with van der Waals surface area (Å²) < 4.78 is 0. The Bertz CT molecular complexity index is 785. The van der Waals surface area contributed by atoms with Gasteiger partial charge in [-0.15, -0.1) is 0 Å². The quantitative estimate of drug-likeness (QED) is 0.773. The van der Waals surface area contributed by atoms with Crippen molar-refractivity contribution in [3.05, 3.63) is 47.8 Å². The van der Waals surface area contributed by atoms with Gasteiger partial charge in [0, 0.05) is 6.20 Å². The fourth-order valence-electron chi connectivity index (χ4n) is 1.81. The number of benzene rings is 1. The Morgan fingerprint density at radius 1 is 1.32 bits per heavy atom. The second-order valence-corrected chi connectivity index (χ2v) is 5.16. The van der Waals surface area contributed by atoms with Gasteiger partial charge in [-0.25, -0.2) is 9.97 Å². The van der Waals surface area contributed by atoms with Crippen molar-refractivity contribution in [1.82, 2.24) is 15.0 Å². The van der Waals surface area contributed by atoms with E-state index in [0.717, 1.165) is 21.1 Å².